The molecule has 9 rings (SSSR count). The fourth-order valence-electron chi connectivity index (χ4n) is 6.17. The number of aromatic nitrogens is 6. The van der Waals surface area contributed by atoms with Gasteiger partial charge in [0.15, 0.2) is 0 Å². The van der Waals surface area contributed by atoms with Crippen LogP contribution < -0.4 is 4.74 Å². The first-order valence-electron chi connectivity index (χ1n) is 13.4. The van der Waals surface area contributed by atoms with Crippen molar-refractivity contribution in [3.8, 4) is 23.3 Å². The summed E-state index contributed by atoms with van der Waals surface area (Å²) >= 11 is 0. The van der Waals surface area contributed by atoms with Gasteiger partial charge in [0.1, 0.15) is 30.0 Å². The quantitative estimate of drug-likeness (QED) is 0.218. The summed E-state index contributed by atoms with van der Waals surface area (Å²) in [5.41, 5.74) is 4.17. The Morgan fingerprint density at radius 2 is 1.29 bits per heavy atom. The van der Waals surface area contributed by atoms with Crippen LogP contribution in [0.15, 0.2) is 122 Å². The molecular weight excluding hydrogens is 508 g/mol. The van der Waals surface area contributed by atoms with Gasteiger partial charge in [0.05, 0.1) is 22.1 Å². The monoisotopic (exact) mass is 528 g/mol. The van der Waals surface area contributed by atoms with Crippen LogP contribution in [0, 0.1) is 0 Å². The van der Waals surface area contributed by atoms with Gasteiger partial charge in [0, 0.05) is 39.9 Å². The lowest BCUT2D eigenvalue weighted by Gasteiger charge is -2.11. The van der Waals surface area contributed by atoms with Crippen molar-refractivity contribution in [1.29, 1.82) is 0 Å². The highest BCUT2D eigenvalue weighted by Gasteiger charge is 2.20. The van der Waals surface area contributed by atoms with Gasteiger partial charge in [-0.25, -0.2) is 19.9 Å². The minimum atomic E-state index is 0.573. The fraction of sp³-hybridized carbons (Fsp3) is 0. The first-order chi connectivity index (χ1) is 20.3. The first kappa shape index (κ1) is 22.0. The normalized spacial score (nSPS) is 11.9. The van der Waals surface area contributed by atoms with Gasteiger partial charge in [0.25, 0.3) is 0 Å². The zero-order chi connectivity index (χ0) is 26.9. The molecule has 0 aliphatic rings. The van der Waals surface area contributed by atoms with Crippen molar-refractivity contribution in [2.75, 3.05) is 0 Å². The summed E-state index contributed by atoms with van der Waals surface area (Å²) in [5, 5.41) is 6.94. The number of rotatable bonds is 4. The molecular formula is C34H20N6O. The van der Waals surface area contributed by atoms with Crippen LogP contribution >= 0.6 is 0 Å². The molecule has 5 aromatic carbocycles. The van der Waals surface area contributed by atoms with Crippen LogP contribution in [0.2, 0.25) is 0 Å². The van der Waals surface area contributed by atoms with E-state index in [2.05, 4.69) is 108 Å². The molecule has 0 atom stereocenters. The molecule has 0 aliphatic carbocycles. The Hall–Kier alpha value is -5.82. The molecule has 0 unspecified atom stereocenters. The van der Waals surface area contributed by atoms with E-state index < -0.39 is 0 Å². The largest absolute Gasteiger partial charge is 0.457 e. The van der Waals surface area contributed by atoms with E-state index in [1.165, 1.54) is 28.8 Å². The minimum absolute atomic E-state index is 0.573. The maximum Gasteiger partial charge on any atom is 0.237 e. The third-order valence-electron chi connectivity index (χ3n) is 7.81. The summed E-state index contributed by atoms with van der Waals surface area (Å²) in [7, 11) is 0. The van der Waals surface area contributed by atoms with Gasteiger partial charge < -0.3 is 4.74 Å². The van der Waals surface area contributed by atoms with Crippen molar-refractivity contribution < 1.29 is 4.74 Å². The van der Waals surface area contributed by atoms with Crippen LogP contribution in [0.5, 0.6) is 11.5 Å². The molecule has 0 bridgehead atoms. The topological polar surface area (TPSA) is 70.7 Å². The summed E-state index contributed by atoms with van der Waals surface area (Å²) in [5.74, 6) is 2.92. The van der Waals surface area contributed by atoms with E-state index in [0.717, 1.165) is 55.5 Å². The van der Waals surface area contributed by atoms with Gasteiger partial charge in [-0.3, -0.25) is 9.13 Å². The molecule has 7 heteroatoms. The smallest absolute Gasteiger partial charge is 0.237 e. The van der Waals surface area contributed by atoms with Crippen molar-refractivity contribution in [3.05, 3.63) is 122 Å². The van der Waals surface area contributed by atoms with Gasteiger partial charge in [-0.2, -0.15) is 0 Å². The third kappa shape index (κ3) is 3.20. The SMILES string of the molecule is c1ccc(-n2c3ccccc3c3ccc(Oc4cc5ccc6cccc7c6c5c(c4)n7-c4ncncn4)cc32)nc1. The maximum absolute atomic E-state index is 6.60. The van der Waals surface area contributed by atoms with Gasteiger partial charge in [-0.05, 0) is 53.2 Å². The number of para-hydroxylation sites is 1. The van der Waals surface area contributed by atoms with E-state index in [1.807, 2.05) is 30.5 Å². The Bertz CT molecular complexity index is 2390. The van der Waals surface area contributed by atoms with Crippen molar-refractivity contribution in [3.63, 3.8) is 0 Å². The molecule has 0 saturated carbocycles. The first-order valence-corrected chi connectivity index (χ1v) is 13.4. The van der Waals surface area contributed by atoms with E-state index in [4.69, 9.17) is 4.74 Å². The number of pyridine rings is 1. The van der Waals surface area contributed by atoms with Gasteiger partial charge >= 0.3 is 0 Å². The molecule has 0 radical (unpaired) electrons. The second-order valence-corrected chi connectivity index (χ2v) is 10.1. The Morgan fingerprint density at radius 1 is 0.512 bits per heavy atom. The highest BCUT2D eigenvalue weighted by molar-refractivity contribution is 6.24. The zero-order valence-corrected chi connectivity index (χ0v) is 21.6. The molecule has 192 valence electrons. The molecule has 7 nitrogen and oxygen atoms in total. The van der Waals surface area contributed by atoms with Crippen molar-refractivity contribution in [1.82, 2.24) is 29.1 Å². The van der Waals surface area contributed by atoms with Gasteiger partial charge in [-0.15, -0.1) is 0 Å². The Labute approximate surface area is 233 Å². The van der Waals surface area contributed by atoms with E-state index >= 15 is 0 Å². The van der Waals surface area contributed by atoms with E-state index in [1.54, 1.807) is 0 Å². The molecule has 4 heterocycles. The third-order valence-corrected chi connectivity index (χ3v) is 7.81. The lowest BCUT2D eigenvalue weighted by molar-refractivity contribution is 0.484. The number of fused-ring (bicyclic) bond motifs is 3. The minimum Gasteiger partial charge on any atom is -0.457 e. The van der Waals surface area contributed by atoms with Gasteiger partial charge in [-0.1, -0.05) is 48.5 Å². The summed E-state index contributed by atoms with van der Waals surface area (Å²) in [4.78, 5) is 17.6. The standard InChI is InChI=1S/C34H20N6O/c1-2-8-27-25(7-1)26-14-13-23(17-29(26)39(27)31-10-3-4-15-36-31)41-24-16-22-12-11-21-6-5-9-28-32(21)33(22)30(18-24)40(28)34-37-19-35-20-38-34/h1-20H. The summed E-state index contributed by atoms with van der Waals surface area (Å²) in [6.45, 7) is 0. The maximum atomic E-state index is 6.60. The predicted octanol–water partition coefficient (Wildman–Crippen LogP) is 7.84. The number of hydrogen-bond acceptors (Lipinski definition) is 5. The van der Waals surface area contributed by atoms with Crippen LogP contribution in [-0.2, 0) is 0 Å². The molecule has 0 spiro atoms. The van der Waals surface area contributed by atoms with Gasteiger partial charge in [0.2, 0.25) is 5.95 Å². The molecule has 4 aromatic heterocycles. The predicted molar refractivity (Wildman–Crippen MR) is 162 cm³/mol. The summed E-state index contributed by atoms with van der Waals surface area (Å²) in [6.07, 6.45) is 4.87. The van der Waals surface area contributed by atoms with Crippen LogP contribution in [-0.4, -0.2) is 29.1 Å². The van der Waals surface area contributed by atoms with Crippen molar-refractivity contribution >= 4 is 54.4 Å². The highest BCUT2D eigenvalue weighted by Crippen LogP contribution is 2.41. The second-order valence-electron chi connectivity index (χ2n) is 10.1. The molecule has 9 aromatic rings. The van der Waals surface area contributed by atoms with Crippen molar-refractivity contribution in [2.24, 2.45) is 0 Å². The van der Waals surface area contributed by atoms with Crippen LogP contribution in [0.25, 0.3) is 66.2 Å². The highest BCUT2D eigenvalue weighted by atomic mass is 16.5. The lowest BCUT2D eigenvalue weighted by Crippen LogP contribution is -2.00. The lowest BCUT2D eigenvalue weighted by atomic mass is 10.0. The van der Waals surface area contributed by atoms with E-state index in [0.29, 0.717) is 5.95 Å². The summed E-state index contributed by atoms with van der Waals surface area (Å²) < 4.78 is 10.9. The molecule has 0 saturated heterocycles. The zero-order valence-electron chi connectivity index (χ0n) is 21.6. The van der Waals surface area contributed by atoms with Crippen LogP contribution in [0.3, 0.4) is 0 Å². The molecule has 0 aliphatic heterocycles. The average Bonchev–Trinajstić information content (AvgIpc) is 3.54. The van der Waals surface area contributed by atoms with Crippen molar-refractivity contribution in [2.45, 2.75) is 0 Å². The fourth-order valence-corrected chi connectivity index (χ4v) is 6.17. The molecule has 0 amide bonds. The average molecular weight is 529 g/mol. The summed E-state index contributed by atoms with van der Waals surface area (Å²) in [6, 6.07) is 35.4. The second kappa shape index (κ2) is 8.34. The number of ether oxygens (including phenoxy) is 1. The Morgan fingerprint density at radius 3 is 2.20 bits per heavy atom. The number of benzene rings is 5. The number of hydrogen-bond donors (Lipinski definition) is 0. The molecule has 0 fully saturated rings. The van der Waals surface area contributed by atoms with E-state index in [9.17, 15) is 0 Å². The molecule has 0 N–H and O–H groups in total. The van der Waals surface area contributed by atoms with E-state index in [-0.39, 0.29) is 0 Å². The van der Waals surface area contributed by atoms with Crippen LogP contribution in [0.1, 0.15) is 0 Å². The Balaban J connectivity index is 1.26. The number of nitrogens with zero attached hydrogens (tertiary/aromatic N) is 6. The molecule has 41 heavy (non-hydrogen) atoms. The Kier molecular flexibility index (Phi) is 4.48. The van der Waals surface area contributed by atoms with Crippen LogP contribution in [0.4, 0.5) is 0 Å².